The Labute approximate surface area is 212 Å². The maximum atomic E-state index is 13.7. The van der Waals surface area contributed by atoms with Crippen LogP contribution in [-0.2, 0) is 9.59 Å². The Morgan fingerprint density at radius 1 is 0.917 bits per heavy atom. The molecule has 1 saturated heterocycles. The number of hydrazine groups is 1. The minimum absolute atomic E-state index is 0.268. The molecule has 1 unspecified atom stereocenters. The second-order valence-electron chi connectivity index (χ2n) is 8.26. The summed E-state index contributed by atoms with van der Waals surface area (Å²) in [5, 5.41) is 10.5. The topological polar surface area (TPSA) is 97.9 Å². The van der Waals surface area contributed by atoms with E-state index >= 15 is 0 Å². The summed E-state index contributed by atoms with van der Waals surface area (Å²) in [4.78, 5) is 30.6. The fraction of sp³-hybridized carbons (Fsp3) is 0.250. The van der Waals surface area contributed by atoms with E-state index in [1.807, 2.05) is 79.7 Å². The van der Waals surface area contributed by atoms with Crippen LogP contribution in [0.2, 0.25) is 0 Å². The minimum Gasteiger partial charge on any atom is -0.349 e. The highest BCUT2D eigenvalue weighted by molar-refractivity contribution is 6.26. The molecule has 0 saturated carbocycles. The molecule has 1 atom stereocenters. The van der Waals surface area contributed by atoms with Crippen molar-refractivity contribution in [3.05, 3.63) is 90.5 Å². The van der Waals surface area contributed by atoms with Crippen molar-refractivity contribution in [1.82, 2.24) is 16.1 Å². The molecule has 1 aliphatic rings. The average Bonchev–Trinajstić information content (AvgIpc) is 3.13. The second-order valence-corrected chi connectivity index (χ2v) is 8.26. The fourth-order valence-corrected chi connectivity index (χ4v) is 3.63. The fourth-order valence-electron chi connectivity index (χ4n) is 3.63. The highest BCUT2D eigenvalue weighted by Gasteiger charge is 2.54. The lowest BCUT2D eigenvalue weighted by Crippen LogP contribution is -2.63. The van der Waals surface area contributed by atoms with Crippen LogP contribution in [0.4, 0.5) is 17.1 Å². The second kappa shape index (κ2) is 12.5. The monoisotopic (exact) mass is 486 g/mol. The van der Waals surface area contributed by atoms with E-state index in [9.17, 15) is 9.59 Å². The lowest BCUT2D eigenvalue weighted by Gasteiger charge is -2.29. The van der Waals surface area contributed by atoms with E-state index in [-0.39, 0.29) is 11.7 Å². The van der Waals surface area contributed by atoms with E-state index in [0.29, 0.717) is 17.1 Å². The number of aryl methyl sites for hydroxylation is 1. The van der Waals surface area contributed by atoms with Gasteiger partial charge in [0.05, 0.1) is 11.4 Å². The van der Waals surface area contributed by atoms with E-state index in [1.54, 1.807) is 12.1 Å². The molecule has 2 amide bonds. The predicted molar refractivity (Wildman–Crippen MR) is 146 cm³/mol. The van der Waals surface area contributed by atoms with Crippen LogP contribution < -0.4 is 26.4 Å². The van der Waals surface area contributed by atoms with Gasteiger partial charge in [-0.15, -0.1) is 0 Å². The van der Waals surface area contributed by atoms with Gasteiger partial charge in [-0.05, 0) is 56.4 Å². The van der Waals surface area contributed by atoms with Crippen molar-refractivity contribution in [2.45, 2.75) is 33.4 Å². The van der Waals surface area contributed by atoms with Gasteiger partial charge < -0.3 is 16.0 Å². The normalized spacial score (nSPS) is 17.7. The molecule has 0 bridgehead atoms. The van der Waals surface area contributed by atoms with Crippen LogP contribution in [0.1, 0.15) is 26.3 Å². The molecule has 3 aromatic rings. The molecule has 4 N–H and O–H groups in total. The number of nitrogens with one attached hydrogen (secondary N) is 4. The number of hydrogen-bond acceptors (Lipinski definition) is 5. The molecule has 0 radical (unpaired) electrons. The van der Waals surface area contributed by atoms with Gasteiger partial charge in [-0.2, -0.15) is 0 Å². The third-order valence-electron chi connectivity index (χ3n) is 5.36. The predicted octanol–water partition coefficient (Wildman–Crippen LogP) is 4.14. The number of para-hydroxylation sites is 2. The first kappa shape index (κ1) is 26.4. The molecule has 0 spiro atoms. The Hall–Kier alpha value is -4.17. The van der Waals surface area contributed by atoms with Gasteiger partial charge >= 0.3 is 0 Å². The van der Waals surface area contributed by atoms with Gasteiger partial charge in [0.15, 0.2) is 5.84 Å². The van der Waals surface area contributed by atoms with Crippen molar-refractivity contribution in [2.24, 2.45) is 4.99 Å². The van der Waals surface area contributed by atoms with Crippen LogP contribution in [-0.4, -0.2) is 36.4 Å². The third-order valence-corrected chi connectivity index (χ3v) is 5.36. The van der Waals surface area contributed by atoms with E-state index in [2.05, 4.69) is 35.2 Å². The van der Waals surface area contributed by atoms with Crippen LogP contribution in [0.3, 0.4) is 0 Å². The van der Waals surface area contributed by atoms with Gasteiger partial charge in [0.1, 0.15) is 0 Å². The first-order chi connectivity index (χ1) is 17.4. The number of carbonyl (C=O) groups excluding carboxylic acids is 2. The van der Waals surface area contributed by atoms with Crippen LogP contribution in [0.25, 0.3) is 0 Å². The summed E-state index contributed by atoms with van der Waals surface area (Å²) in [6.07, 6.45) is 0. The molecule has 8 nitrogen and oxygen atoms in total. The number of nitrogens with zero attached hydrogens (tertiary/aromatic N) is 2. The van der Waals surface area contributed by atoms with Gasteiger partial charge in [0.25, 0.3) is 11.6 Å². The van der Waals surface area contributed by atoms with Crippen molar-refractivity contribution >= 4 is 34.7 Å². The van der Waals surface area contributed by atoms with Gasteiger partial charge in [0, 0.05) is 12.6 Å². The molecular formula is C28H34N6O2. The zero-order chi connectivity index (χ0) is 26.0. The van der Waals surface area contributed by atoms with E-state index in [0.717, 1.165) is 18.7 Å². The number of hydrogen-bond donors (Lipinski definition) is 4. The number of benzene rings is 3. The smallest absolute Gasteiger partial charge is 0.300 e. The van der Waals surface area contributed by atoms with Crippen LogP contribution in [0.5, 0.6) is 0 Å². The summed E-state index contributed by atoms with van der Waals surface area (Å²) >= 11 is 0. The Kier molecular flexibility index (Phi) is 9.19. The van der Waals surface area contributed by atoms with Crippen LogP contribution in [0.15, 0.2) is 89.9 Å². The molecule has 188 valence electrons. The van der Waals surface area contributed by atoms with E-state index < -0.39 is 11.6 Å². The van der Waals surface area contributed by atoms with Crippen molar-refractivity contribution in [2.75, 3.05) is 23.4 Å². The molecule has 1 fully saturated rings. The lowest BCUT2D eigenvalue weighted by atomic mass is 10.1. The van der Waals surface area contributed by atoms with Gasteiger partial charge in [0.2, 0.25) is 5.91 Å². The van der Waals surface area contributed by atoms with Crippen molar-refractivity contribution in [1.29, 1.82) is 0 Å². The van der Waals surface area contributed by atoms with Crippen LogP contribution in [0, 0.1) is 6.92 Å². The van der Waals surface area contributed by atoms with Crippen LogP contribution >= 0.6 is 0 Å². The van der Waals surface area contributed by atoms with Crippen molar-refractivity contribution in [3.8, 4) is 0 Å². The standard InChI is InChI=1S/C24H23N5O2.C4H11N/c1-17-13-15-19(16-14-17)25-22-24(26-18(2)30,27-20-9-5-3-6-10-20)23(31)29(28-22)21-11-7-4-8-12-21;1-3-5-4-2/h3-16,27H,1-2H3,(H,25,28)(H,26,30);5H,3-4H2,1-2H3. The highest BCUT2D eigenvalue weighted by atomic mass is 16.2. The molecule has 8 heteroatoms. The molecule has 1 heterocycles. The molecule has 4 rings (SSSR count). The zero-order valence-electron chi connectivity index (χ0n) is 21.2. The maximum Gasteiger partial charge on any atom is 0.300 e. The summed E-state index contributed by atoms with van der Waals surface area (Å²) in [5.74, 6) is -0.502. The first-order valence-corrected chi connectivity index (χ1v) is 12.0. The molecule has 36 heavy (non-hydrogen) atoms. The van der Waals surface area contributed by atoms with E-state index in [4.69, 9.17) is 4.99 Å². The Bertz CT molecular complexity index is 1160. The SMILES string of the molecule is CC(=O)NC1(Nc2ccccc2)C(=O)N(c2ccccc2)NC1=Nc1ccc(C)cc1.CCNCC. The molecular weight excluding hydrogens is 452 g/mol. The number of carbonyl (C=O) groups is 2. The minimum atomic E-state index is -1.60. The molecule has 1 aliphatic heterocycles. The number of aliphatic imine (C=N–C) groups is 1. The first-order valence-electron chi connectivity index (χ1n) is 12.0. The number of anilines is 2. The lowest BCUT2D eigenvalue weighted by molar-refractivity contribution is -0.126. The van der Waals surface area contributed by atoms with Gasteiger partial charge in [-0.3, -0.25) is 15.0 Å². The molecule has 3 aromatic carbocycles. The maximum absolute atomic E-state index is 13.7. The zero-order valence-corrected chi connectivity index (χ0v) is 21.2. The number of amidine groups is 1. The summed E-state index contributed by atoms with van der Waals surface area (Å²) in [6, 6.07) is 26.0. The van der Waals surface area contributed by atoms with Crippen molar-refractivity contribution in [3.63, 3.8) is 0 Å². The molecule has 0 aliphatic carbocycles. The summed E-state index contributed by atoms with van der Waals surface area (Å²) < 4.78 is 0. The van der Waals surface area contributed by atoms with Gasteiger partial charge in [-0.1, -0.05) is 67.9 Å². The highest BCUT2D eigenvalue weighted by Crippen LogP contribution is 2.27. The van der Waals surface area contributed by atoms with Crippen molar-refractivity contribution < 1.29 is 9.59 Å². The quantitative estimate of drug-likeness (QED) is 0.377. The Balaban J connectivity index is 0.000000658. The molecule has 0 aromatic heterocycles. The Morgan fingerprint density at radius 3 is 2.03 bits per heavy atom. The number of amides is 2. The Morgan fingerprint density at radius 2 is 1.50 bits per heavy atom. The average molecular weight is 487 g/mol. The van der Waals surface area contributed by atoms with E-state index in [1.165, 1.54) is 11.9 Å². The van der Waals surface area contributed by atoms with Gasteiger partial charge in [-0.25, -0.2) is 10.0 Å². The summed E-state index contributed by atoms with van der Waals surface area (Å²) in [6.45, 7) is 9.75. The summed E-state index contributed by atoms with van der Waals surface area (Å²) in [5.41, 5.74) is 4.54. The summed E-state index contributed by atoms with van der Waals surface area (Å²) in [7, 11) is 0. The largest absolute Gasteiger partial charge is 0.349 e. The third kappa shape index (κ3) is 6.49. The number of rotatable bonds is 7.